The van der Waals surface area contributed by atoms with Crippen LogP contribution in [0.25, 0.3) is 11.2 Å². The van der Waals surface area contributed by atoms with E-state index in [1.165, 1.54) is 5.56 Å². The Balaban J connectivity index is 1.64. The third kappa shape index (κ3) is 5.32. The standard InChI is InChI=1S/C21H27BrN6/c1-2-3-4-5-9-15-28-19-17(25-20(28)22)18(23)26-21(27-19)24-14-10-13-16-11-7-6-8-12-16/h3-4,6-8,11-12H,2,5,9-10,13-15H2,1H3,(H3,23,24,26,27)/b4-3+. The molecule has 0 aliphatic rings. The smallest absolute Gasteiger partial charge is 0.226 e. The van der Waals surface area contributed by atoms with Gasteiger partial charge in [-0.1, -0.05) is 49.4 Å². The fraction of sp³-hybridized carbons (Fsp3) is 0.381. The normalized spacial score (nSPS) is 11.5. The van der Waals surface area contributed by atoms with Crippen molar-refractivity contribution in [3.8, 4) is 0 Å². The van der Waals surface area contributed by atoms with Crippen LogP contribution < -0.4 is 11.1 Å². The molecular weight excluding hydrogens is 416 g/mol. The number of hydrogen-bond donors (Lipinski definition) is 2. The number of aryl methyl sites for hydroxylation is 2. The van der Waals surface area contributed by atoms with Crippen molar-refractivity contribution in [2.24, 2.45) is 0 Å². The lowest BCUT2D eigenvalue weighted by atomic mass is 10.1. The minimum Gasteiger partial charge on any atom is -0.382 e. The second kappa shape index (κ2) is 10.2. The van der Waals surface area contributed by atoms with Gasteiger partial charge in [0.15, 0.2) is 21.7 Å². The maximum absolute atomic E-state index is 6.13. The number of nitrogen functional groups attached to an aromatic ring is 1. The van der Waals surface area contributed by atoms with E-state index in [1.807, 2.05) is 6.07 Å². The van der Waals surface area contributed by atoms with E-state index in [9.17, 15) is 0 Å². The number of unbranched alkanes of at least 4 members (excludes halogenated alkanes) is 1. The Morgan fingerprint density at radius 1 is 1.11 bits per heavy atom. The first kappa shape index (κ1) is 20.3. The van der Waals surface area contributed by atoms with Gasteiger partial charge in [0.1, 0.15) is 0 Å². The Labute approximate surface area is 174 Å². The molecule has 0 saturated carbocycles. The van der Waals surface area contributed by atoms with Crippen LogP contribution >= 0.6 is 15.9 Å². The van der Waals surface area contributed by atoms with Gasteiger partial charge in [0.05, 0.1) is 0 Å². The van der Waals surface area contributed by atoms with E-state index in [0.717, 1.165) is 55.6 Å². The van der Waals surface area contributed by atoms with Crippen LogP contribution in [0.3, 0.4) is 0 Å². The second-order valence-corrected chi connectivity index (χ2v) is 7.38. The molecule has 3 N–H and O–H groups in total. The van der Waals surface area contributed by atoms with Crippen LogP contribution in [0.4, 0.5) is 11.8 Å². The van der Waals surface area contributed by atoms with E-state index in [-0.39, 0.29) is 0 Å². The van der Waals surface area contributed by atoms with Gasteiger partial charge >= 0.3 is 0 Å². The van der Waals surface area contributed by atoms with Crippen LogP contribution in [0.5, 0.6) is 0 Å². The molecule has 0 aliphatic carbocycles. The molecule has 0 amide bonds. The third-order valence-electron chi connectivity index (χ3n) is 4.50. The van der Waals surface area contributed by atoms with E-state index < -0.39 is 0 Å². The Bertz CT molecular complexity index is 920. The largest absolute Gasteiger partial charge is 0.382 e. The molecule has 0 unspecified atom stereocenters. The number of nitrogens with two attached hydrogens (primary N) is 1. The van der Waals surface area contributed by atoms with Gasteiger partial charge in [0, 0.05) is 13.1 Å². The maximum atomic E-state index is 6.13. The molecule has 28 heavy (non-hydrogen) atoms. The third-order valence-corrected chi connectivity index (χ3v) is 5.10. The van der Waals surface area contributed by atoms with Crippen molar-refractivity contribution in [2.75, 3.05) is 17.6 Å². The Hall–Kier alpha value is -2.41. The summed E-state index contributed by atoms with van der Waals surface area (Å²) in [5, 5.41) is 3.30. The summed E-state index contributed by atoms with van der Waals surface area (Å²) in [6.45, 7) is 3.76. The molecule has 0 bridgehead atoms. The highest BCUT2D eigenvalue weighted by Crippen LogP contribution is 2.24. The number of fused-ring (bicyclic) bond motifs is 1. The molecule has 2 heterocycles. The molecular formula is C21H27BrN6. The van der Waals surface area contributed by atoms with Gasteiger partial charge < -0.3 is 15.6 Å². The van der Waals surface area contributed by atoms with Gasteiger partial charge in [0.2, 0.25) is 5.95 Å². The molecule has 0 radical (unpaired) electrons. The van der Waals surface area contributed by atoms with Crippen molar-refractivity contribution < 1.29 is 0 Å². The number of nitrogens with zero attached hydrogens (tertiary/aromatic N) is 4. The number of rotatable bonds is 10. The number of halogens is 1. The summed E-state index contributed by atoms with van der Waals surface area (Å²) in [5.41, 5.74) is 8.87. The Kier molecular flexibility index (Phi) is 7.42. The zero-order chi connectivity index (χ0) is 19.8. The van der Waals surface area contributed by atoms with Crippen molar-refractivity contribution in [1.82, 2.24) is 19.5 Å². The van der Waals surface area contributed by atoms with Gasteiger partial charge in [0.25, 0.3) is 0 Å². The van der Waals surface area contributed by atoms with E-state index in [0.29, 0.717) is 17.3 Å². The molecule has 0 saturated heterocycles. The number of imidazole rings is 1. The number of benzene rings is 1. The topological polar surface area (TPSA) is 81.7 Å². The molecule has 148 valence electrons. The fourth-order valence-corrected chi connectivity index (χ4v) is 3.58. The average molecular weight is 443 g/mol. The number of nitrogens with one attached hydrogen (secondary N) is 1. The zero-order valence-electron chi connectivity index (χ0n) is 16.2. The van der Waals surface area contributed by atoms with E-state index in [2.05, 4.69) is 84.1 Å². The molecule has 3 aromatic rings. The number of anilines is 2. The van der Waals surface area contributed by atoms with Crippen LogP contribution in [-0.4, -0.2) is 26.1 Å². The molecule has 3 rings (SSSR count). The average Bonchev–Trinajstić information content (AvgIpc) is 3.02. The molecule has 0 spiro atoms. The van der Waals surface area contributed by atoms with E-state index in [1.54, 1.807) is 0 Å². The molecule has 2 aromatic heterocycles. The molecule has 6 nitrogen and oxygen atoms in total. The first-order valence-electron chi connectivity index (χ1n) is 9.81. The summed E-state index contributed by atoms with van der Waals surface area (Å²) < 4.78 is 2.80. The number of allylic oxidation sites excluding steroid dienone is 2. The first-order chi connectivity index (χ1) is 13.7. The lowest BCUT2D eigenvalue weighted by molar-refractivity contribution is 0.648. The second-order valence-electron chi connectivity index (χ2n) is 6.67. The summed E-state index contributed by atoms with van der Waals surface area (Å²) >= 11 is 3.53. The Morgan fingerprint density at radius 2 is 1.93 bits per heavy atom. The van der Waals surface area contributed by atoms with Gasteiger partial charge in [-0.3, -0.25) is 0 Å². The summed E-state index contributed by atoms with van der Waals surface area (Å²) in [5.74, 6) is 0.957. The quantitative estimate of drug-likeness (QED) is 0.263. The van der Waals surface area contributed by atoms with Crippen LogP contribution in [0.15, 0.2) is 47.2 Å². The van der Waals surface area contributed by atoms with Crippen molar-refractivity contribution in [2.45, 2.75) is 45.6 Å². The monoisotopic (exact) mass is 442 g/mol. The predicted molar refractivity (Wildman–Crippen MR) is 119 cm³/mol. The van der Waals surface area contributed by atoms with Gasteiger partial charge in [-0.2, -0.15) is 9.97 Å². The summed E-state index contributed by atoms with van der Waals surface area (Å²) in [6, 6.07) is 10.5. The predicted octanol–water partition coefficient (Wildman–Crippen LogP) is 4.96. The number of hydrogen-bond acceptors (Lipinski definition) is 5. The highest BCUT2D eigenvalue weighted by molar-refractivity contribution is 9.10. The maximum Gasteiger partial charge on any atom is 0.226 e. The lowest BCUT2D eigenvalue weighted by Gasteiger charge is -2.08. The highest BCUT2D eigenvalue weighted by Gasteiger charge is 2.15. The van der Waals surface area contributed by atoms with Crippen molar-refractivity contribution in [1.29, 1.82) is 0 Å². The van der Waals surface area contributed by atoms with E-state index >= 15 is 0 Å². The summed E-state index contributed by atoms with van der Waals surface area (Å²) in [6.07, 6.45) is 9.54. The van der Waals surface area contributed by atoms with Crippen molar-refractivity contribution >= 4 is 38.9 Å². The van der Waals surface area contributed by atoms with Crippen LogP contribution in [0.1, 0.15) is 38.2 Å². The van der Waals surface area contributed by atoms with Gasteiger partial charge in [-0.25, -0.2) is 4.98 Å². The van der Waals surface area contributed by atoms with Crippen LogP contribution in [0.2, 0.25) is 0 Å². The highest BCUT2D eigenvalue weighted by atomic mass is 79.9. The minimum absolute atomic E-state index is 0.404. The molecule has 0 aliphatic heterocycles. The zero-order valence-corrected chi connectivity index (χ0v) is 17.8. The molecule has 0 fully saturated rings. The summed E-state index contributed by atoms with van der Waals surface area (Å²) in [4.78, 5) is 13.5. The van der Waals surface area contributed by atoms with Gasteiger partial charge in [-0.15, -0.1) is 0 Å². The van der Waals surface area contributed by atoms with Crippen molar-refractivity contribution in [3.05, 3.63) is 52.8 Å². The molecule has 1 aromatic carbocycles. The van der Waals surface area contributed by atoms with Crippen LogP contribution in [0, 0.1) is 0 Å². The molecule has 7 heteroatoms. The molecule has 0 atom stereocenters. The SMILES string of the molecule is CC/C=C/CCCn1c(Br)nc2c(N)nc(NCCCc3ccccc3)nc21. The fourth-order valence-electron chi connectivity index (χ4n) is 3.06. The van der Waals surface area contributed by atoms with Crippen LogP contribution in [-0.2, 0) is 13.0 Å². The summed E-state index contributed by atoms with van der Waals surface area (Å²) in [7, 11) is 0. The Morgan fingerprint density at radius 3 is 2.71 bits per heavy atom. The van der Waals surface area contributed by atoms with Gasteiger partial charge in [-0.05, 0) is 53.6 Å². The first-order valence-corrected chi connectivity index (χ1v) is 10.6. The minimum atomic E-state index is 0.404. The lowest BCUT2D eigenvalue weighted by Crippen LogP contribution is -2.09. The van der Waals surface area contributed by atoms with E-state index in [4.69, 9.17) is 5.73 Å². The number of aromatic nitrogens is 4. The van der Waals surface area contributed by atoms with Crippen molar-refractivity contribution in [3.63, 3.8) is 0 Å².